The van der Waals surface area contributed by atoms with Crippen LogP contribution in [0.4, 0.5) is 0 Å². The highest BCUT2D eigenvalue weighted by molar-refractivity contribution is 7.91. The fourth-order valence-corrected chi connectivity index (χ4v) is 6.52. The maximum absolute atomic E-state index is 13.1. The summed E-state index contributed by atoms with van der Waals surface area (Å²) in [4.78, 5) is 13.0. The maximum Gasteiger partial charge on any atom is 0.252 e. The van der Waals surface area contributed by atoms with E-state index in [0.717, 1.165) is 10.6 Å². The number of halogens is 1. The van der Waals surface area contributed by atoms with Crippen molar-refractivity contribution in [1.29, 1.82) is 0 Å². The average molecular weight is 491 g/mol. The van der Waals surface area contributed by atoms with Crippen molar-refractivity contribution in [2.45, 2.75) is 29.7 Å². The fourth-order valence-electron chi connectivity index (χ4n) is 3.47. The number of nitrogens with zero attached hydrogens (tertiary/aromatic N) is 1. The van der Waals surface area contributed by atoms with E-state index in [1.807, 2.05) is 30.3 Å². The normalized spacial score (nSPS) is 15.4. The van der Waals surface area contributed by atoms with Gasteiger partial charge in [-0.25, -0.2) is 8.42 Å². The largest absolute Gasteiger partial charge is 0.490 e. The number of nitrogens with one attached hydrogen (secondary N) is 1. The van der Waals surface area contributed by atoms with Crippen LogP contribution >= 0.6 is 22.9 Å². The Balaban J connectivity index is 1.32. The van der Waals surface area contributed by atoms with Crippen molar-refractivity contribution in [3.63, 3.8) is 0 Å². The van der Waals surface area contributed by atoms with Crippen molar-refractivity contribution in [2.75, 3.05) is 13.1 Å². The standard InChI is InChI=1S/C23H23ClN2O4S2/c24-18-8-6-17(7-9-18)23(27)25-16-21-10-11-22(31-21)32(28,29)26-14-12-20(13-15-26)30-19-4-2-1-3-5-19/h1-11,20H,12-16H2,(H,25,27). The highest BCUT2D eigenvalue weighted by Gasteiger charge is 2.31. The van der Waals surface area contributed by atoms with Crippen molar-refractivity contribution in [3.8, 4) is 5.75 Å². The smallest absolute Gasteiger partial charge is 0.252 e. The summed E-state index contributed by atoms with van der Waals surface area (Å²) >= 11 is 7.03. The Labute approximate surface area is 196 Å². The Morgan fingerprint density at radius 3 is 2.41 bits per heavy atom. The van der Waals surface area contributed by atoms with E-state index < -0.39 is 10.0 Å². The van der Waals surface area contributed by atoms with Gasteiger partial charge in [-0.05, 0) is 61.4 Å². The Bertz CT molecular complexity index is 1160. The molecule has 0 atom stereocenters. The summed E-state index contributed by atoms with van der Waals surface area (Å²) in [5.74, 6) is 0.567. The van der Waals surface area contributed by atoms with Crippen molar-refractivity contribution >= 4 is 38.9 Å². The molecule has 9 heteroatoms. The number of piperidine rings is 1. The van der Waals surface area contributed by atoms with Crippen LogP contribution in [0.3, 0.4) is 0 Å². The molecule has 1 saturated heterocycles. The first kappa shape index (κ1) is 22.8. The van der Waals surface area contributed by atoms with E-state index in [1.54, 1.807) is 36.4 Å². The summed E-state index contributed by atoms with van der Waals surface area (Å²) in [7, 11) is -3.56. The van der Waals surface area contributed by atoms with Crippen LogP contribution in [0.1, 0.15) is 28.1 Å². The lowest BCUT2D eigenvalue weighted by Gasteiger charge is -2.31. The van der Waals surface area contributed by atoms with Gasteiger partial charge in [-0.1, -0.05) is 29.8 Å². The Morgan fingerprint density at radius 2 is 1.72 bits per heavy atom. The summed E-state index contributed by atoms with van der Waals surface area (Å²) in [6.07, 6.45) is 1.29. The van der Waals surface area contributed by atoms with Gasteiger partial charge in [0.25, 0.3) is 15.9 Å². The molecule has 168 valence electrons. The number of hydrogen-bond acceptors (Lipinski definition) is 5. The van der Waals surface area contributed by atoms with E-state index in [0.29, 0.717) is 36.5 Å². The molecule has 0 aliphatic carbocycles. The molecule has 0 unspecified atom stereocenters. The average Bonchev–Trinajstić information content (AvgIpc) is 3.29. The number of ether oxygens (including phenoxy) is 1. The lowest BCUT2D eigenvalue weighted by Crippen LogP contribution is -2.41. The van der Waals surface area contributed by atoms with E-state index in [-0.39, 0.29) is 22.8 Å². The van der Waals surface area contributed by atoms with Gasteiger partial charge in [0, 0.05) is 28.6 Å². The summed E-state index contributed by atoms with van der Waals surface area (Å²) in [6, 6.07) is 19.5. The van der Waals surface area contributed by atoms with Crippen molar-refractivity contribution in [3.05, 3.63) is 82.2 Å². The van der Waals surface area contributed by atoms with Gasteiger partial charge in [0.1, 0.15) is 16.1 Å². The monoisotopic (exact) mass is 490 g/mol. The van der Waals surface area contributed by atoms with Crippen LogP contribution in [-0.2, 0) is 16.6 Å². The molecule has 0 saturated carbocycles. The molecule has 1 aliphatic rings. The van der Waals surface area contributed by atoms with Gasteiger partial charge < -0.3 is 10.1 Å². The number of para-hydroxylation sites is 1. The molecule has 1 amide bonds. The predicted octanol–water partition coefficient (Wildman–Crippen LogP) is 4.56. The van der Waals surface area contributed by atoms with Gasteiger partial charge in [-0.2, -0.15) is 4.31 Å². The van der Waals surface area contributed by atoms with Crippen LogP contribution in [0.2, 0.25) is 5.02 Å². The molecule has 1 aromatic heterocycles. The highest BCUT2D eigenvalue weighted by atomic mass is 35.5. The molecular formula is C23H23ClN2O4S2. The van der Waals surface area contributed by atoms with Crippen LogP contribution in [0.15, 0.2) is 70.9 Å². The number of carbonyl (C=O) groups excluding carboxylic acids is 1. The lowest BCUT2D eigenvalue weighted by atomic mass is 10.1. The maximum atomic E-state index is 13.1. The molecule has 1 fully saturated rings. The quantitative estimate of drug-likeness (QED) is 0.526. The number of amides is 1. The summed E-state index contributed by atoms with van der Waals surface area (Å²) in [5, 5.41) is 3.37. The predicted molar refractivity (Wildman–Crippen MR) is 126 cm³/mol. The first-order valence-electron chi connectivity index (χ1n) is 10.3. The number of hydrogen-bond donors (Lipinski definition) is 1. The van der Waals surface area contributed by atoms with Gasteiger partial charge in [-0.3, -0.25) is 4.79 Å². The third-order valence-electron chi connectivity index (χ3n) is 5.21. The molecule has 0 radical (unpaired) electrons. The van der Waals surface area contributed by atoms with E-state index >= 15 is 0 Å². The molecular weight excluding hydrogens is 468 g/mol. The molecule has 3 aromatic rings. The van der Waals surface area contributed by atoms with Crippen LogP contribution in [0.25, 0.3) is 0 Å². The second-order valence-electron chi connectivity index (χ2n) is 7.44. The topological polar surface area (TPSA) is 75.7 Å². The zero-order valence-corrected chi connectivity index (χ0v) is 19.6. The number of benzene rings is 2. The second kappa shape index (κ2) is 10.0. The highest BCUT2D eigenvalue weighted by Crippen LogP contribution is 2.28. The van der Waals surface area contributed by atoms with Crippen molar-refractivity contribution in [1.82, 2.24) is 9.62 Å². The third kappa shape index (κ3) is 5.50. The Morgan fingerprint density at radius 1 is 1.03 bits per heavy atom. The van der Waals surface area contributed by atoms with E-state index in [4.69, 9.17) is 16.3 Å². The second-order valence-corrected chi connectivity index (χ2v) is 11.2. The molecule has 1 aliphatic heterocycles. The van der Waals surface area contributed by atoms with Gasteiger partial charge in [-0.15, -0.1) is 11.3 Å². The molecule has 0 bridgehead atoms. The van der Waals surface area contributed by atoms with Gasteiger partial charge in [0.15, 0.2) is 0 Å². The van der Waals surface area contributed by atoms with E-state index in [9.17, 15) is 13.2 Å². The summed E-state index contributed by atoms with van der Waals surface area (Å²) < 4.78 is 33.9. The minimum absolute atomic E-state index is 0.00540. The van der Waals surface area contributed by atoms with Crippen molar-refractivity contribution < 1.29 is 17.9 Å². The number of thiophene rings is 1. The molecule has 6 nitrogen and oxygen atoms in total. The van der Waals surface area contributed by atoms with Crippen LogP contribution in [-0.4, -0.2) is 37.8 Å². The van der Waals surface area contributed by atoms with Gasteiger partial charge in [0.2, 0.25) is 0 Å². The minimum Gasteiger partial charge on any atom is -0.490 e. The van der Waals surface area contributed by atoms with Crippen LogP contribution in [0.5, 0.6) is 5.75 Å². The molecule has 0 spiro atoms. The SMILES string of the molecule is O=C(NCc1ccc(S(=O)(=O)N2CCC(Oc3ccccc3)CC2)s1)c1ccc(Cl)cc1. The fraction of sp³-hybridized carbons (Fsp3) is 0.261. The van der Waals surface area contributed by atoms with Crippen LogP contribution in [0, 0.1) is 0 Å². The van der Waals surface area contributed by atoms with E-state index in [2.05, 4.69) is 5.32 Å². The summed E-state index contributed by atoms with van der Waals surface area (Å²) in [6.45, 7) is 1.09. The van der Waals surface area contributed by atoms with Gasteiger partial charge >= 0.3 is 0 Å². The van der Waals surface area contributed by atoms with Crippen LogP contribution < -0.4 is 10.1 Å². The molecule has 2 heterocycles. The molecule has 1 N–H and O–H groups in total. The minimum atomic E-state index is -3.56. The van der Waals surface area contributed by atoms with Crippen molar-refractivity contribution in [2.24, 2.45) is 0 Å². The van der Waals surface area contributed by atoms with Gasteiger partial charge in [0.05, 0.1) is 6.54 Å². The number of carbonyl (C=O) groups is 1. The first-order chi connectivity index (χ1) is 15.4. The lowest BCUT2D eigenvalue weighted by molar-refractivity contribution is 0.0951. The number of rotatable bonds is 7. The molecule has 2 aromatic carbocycles. The summed E-state index contributed by atoms with van der Waals surface area (Å²) in [5.41, 5.74) is 0.499. The zero-order valence-electron chi connectivity index (χ0n) is 17.2. The first-order valence-corrected chi connectivity index (χ1v) is 12.9. The third-order valence-corrected chi connectivity index (χ3v) is 8.91. The number of sulfonamides is 1. The van der Waals surface area contributed by atoms with E-state index in [1.165, 1.54) is 15.6 Å². The Kier molecular flexibility index (Phi) is 7.15. The zero-order chi connectivity index (χ0) is 22.6. The Hall–Kier alpha value is -2.39. The molecule has 4 rings (SSSR count). The molecule has 32 heavy (non-hydrogen) atoms.